The lowest BCUT2D eigenvalue weighted by Gasteiger charge is -2.21. The zero-order valence-electron chi connectivity index (χ0n) is 13.6. The summed E-state index contributed by atoms with van der Waals surface area (Å²) in [5.74, 6) is 2.04. The van der Waals surface area contributed by atoms with Crippen molar-refractivity contribution in [1.29, 1.82) is 0 Å². The lowest BCUT2D eigenvalue weighted by Crippen LogP contribution is -2.25. The molecule has 4 heteroatoms. The van der Waals surface area contributed by atoms with Gasteiger partial charge < -0.3 is 10.2 Å². The van der Waals surface area contributed by atoms with Gasteiger partial charge in [-0.15, -0.1) is 0 Å². The van der Waals surface area contributed by atoms with E-state index in [1.54, 1.807) is 11.9 Å². The van der Waals surface area contributed by atoms with Crippen LogP contribution in [0.25, 0.3) is 0 Å². The Labute approximate surface area is 134 Å². The van der Waals surface area contributed by atoms with Gasteiger partial charge in [-0.1, -0.05) is 24.5 Å². The third kappa shape index (κ3) is 4.46. The maximum Gasteiger partial charge on any atom is 0.134 e. The summed E-state index contributed by atoms with van der Waals surface area (Å²) >= 11 is 0. The maximum absolute atomic E-state index is 4.47. The van der Waals surface area contributed by atoms with Crippen molar-refractivity contribution >= 4 is 11.6 Å². The number of nitrogens with one attached hydrogen (secondary N) is 1. The van der Waals surface area contributed by atoms with Gasteiger partial charge >= 0.3 is 0 Å². The molecule has 1 aliphatic heterocycles. The molecular formula is C18H28N4. The van der Waals surface area contributed by atoms with Gasteiger partial charge in [-0.25, -0.2) is 9.97 Å². The Hall–Kier alpha value is -1.58. The molecule has 2 heterocycles. The second-order valence-corrected chi connectivity index (χ2v) is 6.45. The fourth-order valence-electron chi connectivity index (χ4n) is 3.40. The third-order valence-corrected chi connectivity index (χ3v) is 4.72. The van der Waals surface area contributed by atoms with Gasteiger partial charge in [0.1, 0.15) is 18.0 Å². The molecule has 120 valence electrons. The summed E-state index contributed by atoms with van der Waals surface area (Å²) in [5.41, 5.74) is 1.61. The summed E-state index contributed by atoms with van der Waals surface area (Å²) in [4.78, 5) is 11.2. The minimum Gasteiger partial charge on any atom is -0.370 e. The normalized spacial score (nSPS) is 19.5. The van der Waals surface area contributed by atoms with Gasteiger partial charge in [0.05, 0.1) is 0 Å². The maximum atomic E-state index is 4.47. The van der Waals surface area contributed by atoms with E-state index in [9.17, 15) is 0 Å². The lowest BCUT2D eigenvalue weighted by atomic mass is 9.97. The summed E-state index contributed by atoms with van der Waals surface area (Å²) in [6, 6.07) is 2.11. The molecule has 0 bridgehead atoms. The third-order valence-electron chi connectivity index (χ3n) is 4.72. The second kappa shape index (κ2) is 8.16. The summed E-state index contributed by atoms with van der Waals surface area (Å²) in [7, 11) is 0. The van der Waals surface area contributed by atoms with Crippen LogP contribution >= 0.6 is 0 Å². The van der Waals surface area contributed by atoms with E-state index in [0.29, 0.717) is 0 Å². The van der Waals surface area contributed by atoms with Crippen LogP contribution in [-0.2, 0) is 0 Å². The monoisotopic (exact) mass is 300 g/mol. The van der Waals surface area contributed by atoms with Crippen molar-refractivity contribution in [2.45, 2.75) is 57.8 Å². The number of hydrogen-bond donors (Lipinski definition) is 1. The molecule has 22 heavy (non-hydrogen) atoms. The molecule has 0 atom stereocenters. The molecule has 1 aromatic rings. The summed E-state index contributed by atoms with van der Waals surface area (Å²) in [6.45, 7) is 3.23. The smallest absolute Gasteiger partial charge is 0.134 e. The molecule has 0 amide bonds. The van der Waals surface area contributed by atoms with E-state index in [1.807, 2.05) is 0 Å². The highest BCUT2D eigenvalue weighted by Crippen LogP contribution is 2.21. The number of hydrogen-bond acceptors (Lipinski definition) is 4. The first-order valence-electron chi connectivity index (χ1n) is 8.90. The Balaban J connectivity index is 1.53. The first-order chi connectivity index (χ1) is 10.9. The zero-order valence-corrected chi connectivity index (χ0v) is 13.6. The van der Waals surface area contributed by atoms with Crippen LogP contribution < -0.4 is 10.2 Å². The molecule has 4 nitrogen and oxygen atoms in total. The molecule has 0 aromatic carbocycles. The minimum absolute atomic E-state index is 0.964. The summed E-state index contributed by atoms with van der Waals surface area (Å²) in [6.07, 6.45) is 15.8. The Morgan fingerprint density at radius 1 is 1.00 bits per heavy atom. The number of aromatic nitrogens is 2. The fourth-order valence-corrected chi connectivity index (χ4v) is 3.40. The van der Waals surface area contributed by atoms with Crippen molar-refractivity contribution < 1.29 is 0 Å². The molecule has 1 fully saturated rings. The molecule has 0 unspecified atom stereocenters. The van der Waals surface area contributed by atoms with E-state index < -0.39 is 0 Å². The first-order valence-corrected chi connectivity index (χ1v) is 8.90. The van der Waals surface area contributed by atoms with Crippen LogP contribution in [0.4, 0.5) is 11.6 Å². The van der Waals surface area contributed by atoms with Crippen LogP contribution in [0.5, 0.6) is 0 Å². The molecular weight excluding hydrogens is 272 g/mol. The average Bonchev–Trinajstić information content (AvgIpc) is 2.85. The number of allylic oxidation sites excluding steroid dienone is 1. The van der Waals surface area contributed by atoms with E-state index in [4.69, 9.17) is 0 Å². The molecule has 2 aliphatic rings. The molecule has 0 radical (unpaired) electrons. The van der Waals surface area contributed by atoms with Crippen LogP contribution in [0.15, 0.2) is 24.0 Å². The van der Waals surface area contributed by atoms with Crippen molar-refractivity contribution in [3.8, 4) is 0 Å². The van der Waals surface area contributed by atoms with Gasteiger partial charge in [-0.3, -0.25) is 0 Å². The summed E-state index contributed by atoms with van der Waals surface area (Å²) < 4.78 is 0. The molecule has 1 N–H and O–H groups in total. The summed E-state index contributed by atoms with van der Waals surface area (Å²) in [5, 5.41) is 3.47. The van der Waals surface area contributed by atoms with Crippen molar-refractivity contribution in [3.05, 3.63) is 24.0 Å². The Bertz CT molecular complexity index is 490. The predicted octanol–water partition coefficient (Wildman–Crippen LogP) is 4.16. The van der Waals surface area contributed by atoms with E-state index >= 15 is 0 Å². The molecule has 0 saturated carbocycles. The lowest BCUT2D eigenvalue weighted by molar-refractivity contribution is 0.679. The zero-order chi connectivity index (χ0) is 15.0. The van der Waals surface area contributed by atoms with Crippen molar-refractivity contribution in [2.75, 3.05) is 29.9 Å². The quantitative estimate of drug-likeness (QED) is 0.829. The molecule has 0 spiro atoms. The van der Waals surface area contributed by atoms with Gasteiger partial charge in [0.25, 0.3) is 0 Å². The van der Waals surface area contributed by atoms with Gasteiger partial charge in [0.15, 0.2) is 0 Å². The van der Waals surface area contributed by atoms with Crippen molar-refractivity contribution in [2.24, 2.45) is 0 Å². The van der Waals surface area contributed by atoms with Crippen LogP contribution in [0.1, 0.15) is 57.8 Å². The SMILES string of the molecule is C1=C(CCNc2cc(N3CCCCCC3)ncn2)CCCC1. The van der Waals surface area contributed by atoms with E-state index in [-0.39, 0.29) is 0 Å². The van der Waals surface area contributed by atoms with Gasteiger partial charge in [0.2, 0.25) is 0 Å². The van der Waals surface area contributed by atoms with Crippen LogP contribution in [0.2, 0.25) is 0 Å². The Morgan fingerprint density at radius 2 is 1.86 bits per heavy atom. The van der Waals surface area contributed by atoms with Crippen LogP contribution in [0, 0.1) is 0 Å². The highest BCUT2D eigenvalue weighted by atomic mass is 15.2. The average molecular weight is 300 g/mol. The van der Waals surface area contributed by atoms with Crippen molar-refractivity contribution in [3.63, 3.8) is 0 Å². The van der Waals surface area contributed by atoms with E-state index in [0.717, 1.165) is 37.7 Å². The van der Waals surface area contributed by atoms with Crippen molar-refractivity contribution in [1.82, 2.24) is 9.97 Å². The standard InChI is InChI=1S/C18H28N4/c1-2-7-13-22(12-6-1)18-14-17(20-15-21-18)19-11-10-16-8-4-3-5-9-16/h8,14-15H,1-7,9-13H2,(H,19,20,21). The van der Waals surface area contributed by atoms with Gasteiger partial charge in [-0.2, -0.15) is 0 Å². The second-order valence-electron chi connectivity index (χ2n) is 6.45. The Morgan fingerprint density at radius 3 is 2.64 bits per heavy atom. The van der Waals surface area contributed by atoms with Gasteiger partial charge in [-0.05, 0) is 44.9 Å². The van der Waals surface area contributed by atoms with Gasteiger partial charge in [0, 0.05) is 25.7 Å². The molecule has 1 aromatic heterocycles. The number of anilines is 2. The van der Waals surface area contributed by atoms with E-state index in [2.05, 4.69) is 32.3 Å². The topological polar surface area (TPSA) is 41.0 Å². The molecule has 1 saturated heterocycles. The predicted molar refractivity (Wildman–Crippen MR) is 92.4 cm³/mol. The number of rotatable bonds is 5. The Kier molecular flexibility index (Phi) is 5.68. The molecule has 1 aliphatic carbocycles. The fraction of sp³-hybridized carbons (Fsp3) is 0.667. The van der Waals surface area contributed by atoms with Crippen LogP contribution in [0.3, 0.4) is 0 Å². The highest BCUT2D eigenvalue weighted by molar-refractivity contribution is 5.48. The van der Waals surface area contributed by atoms with E-state index in [1.165, 1.54) is 51.4 Å². The van der Waals surface area contributed by atoms with Crippen LogP contribution in [-0.4, -0.2) is 29.6 Å². The number of nitrogens with zero attached hydrogens (tertiary/aromatic N) is 3. The highest BCUT2D eigenvalue weighted by Gasteiger charge is 2.11. The minimum atomic E-state index is 0.964. The largest absolute Gasteiger partial charge is 0.370 e. The molecule has 3 rings (SSSR count). The first kappa shape index (κ1) is 15.3.